The molecule has 0 saturated heterocycles. The topological polar surface area (TPSA) is 76.7 Å². The zero-order valence-corrected chi connectivity index (χ0v) is 8.88. The minimum atomic E-state index is 0.0791. The van der Waals surface area contributed by atoms with Gasteiger partial charge in [0.2, 0.25) is 0 Å². The van der Waals surface area contributed by atoms with E-state index in [0.717, 1.165) is 11.3 Å². The highest BCUT2D eigenvalue weighted by atomic mass is 32.1. The Morgan fingerprint density at radius 3 is 3.00 bits per heavy atom. The fraction of sp³-hybridized carbons (Fsp3) is 0.286. The third-order valence-corrected chi connectivity index (χ3v) is 3.39. The summed E-state index contributed by atoms with van der Waals surface area (Å²) in [7, 11) is 0. The van der Waals surface area contributed by atoms with Crippen molar-refractivity contribution in [2.45, 2.75) is 12.5 Å². The van der Waals surface area contributed by atoms with E-state index in [2.05, 4.69) is 20.0 Å². The van der Waals surface area contributed by atoms with Crippen LogP contribution in [0.1, 0.15) is 15.8 Å². The Labute approximate surface area is 89.1 Å². The summed E-state index contributed by atoms with van der Waals surface area (Å²) < 4.78 is 3.80. The Morgan fingerprint density at radius 2 is 2.43 bits per heavy atom. The number of hydrazine groups is 1. The van der Waals surface area contributed by atoms with Crippen molar-refractivity contribution in [3.8, 4) is 0 Å². The van der Waals surface area contributed by atoms with Crippen molar-refractivity contribution >= 4 is 22.9 Å². The molecular formula is C7H9N5S2. The van der Waals surface area contributed by atoms with Gasteiger partial charge in [0, 0.05) is 17.5 Å². The van der Waals surface area contributed by atoms with E-state index in [1.165, 1.54) is 16.4 Å². The molecule has 2 aromatic rings. The Kier molecular flexibility index (Phi) is 3.14. The van der Waals surface area contributed by atoms with Gasteiger partial charge in [-0.2, -0.15) is 0 Å². The number of aromatic nitrogens is 3. The van der Waals surface area contributed by atoms with Crippen molar-refractivity contribution in [3.63, 3.8) is 0 Å². The molecule has 2 heterocycles. The Morgan fingerprint density at radius 1 is 1.50 bits per heavy atom. The second-order valence-electron chi connectivity index (χ2n) is 2.71. The lowest BCUT2D eigenvalue weighted by Crippen LogP contribution is -2.28. The maximum absolute atomic E-state index is 5.47. The molecule has 0 radical (unpaired) electrons. The van der Waals surface area contributed by atoms with Gasteiger partial charge in [0.1, 0.15) is 0 Å². The summed E-state index contributed by atoms with van der Waals surface area (Å²) >= 11 is 2.98. The molecule has 7 heteroatoms. The lowest BCUT2D eigenvalue weighted by atomic mass is 10.2. The van der Waals surface area contributed by atoms with E-state index in [4.69, 9.17) is 5.84 Å². The first kappa shape index (κ1) is 9.66. The molecule has 0 aliphatic rings. The average molecular weight is 227 g/mol. The van der Waals surface area contributed by atoms with Crippen LogP contribution in [-0.2, 0) is 6.42 Å². The van der Waals surface area contributed by atoms with Crippen LogP contribution in [-0.4, -0.2) is 14.6 Å². The van der Waals surface area contributed by atoms with Crippen LogP contribution in [0.25, 0.3) is 0 Å². The summed E-state index contributed by atoms with van der Waals surface area (Å²) in [4.78, 5) is 6.25. The predicted molar refractivity (Wildman–Crippen MR) is 55.8 cm³/mol. The van der Waals surface area contributed by atoms with E-state index < -0.39 is 0 Å². The smallest absolute Gasteiger partial charge is 0.0794 e. The monoisotopic (exact) mass is 227 g/mol. The highest BCUT2D eigenvalue weighted by Crippen LogP contribution is 2.20. The fourth-order valence-corrected chi connectivity index (χ4v) is 2.32. The van der Waals surface area contributed by atoms with Crippen molar-refractivity contribution in [2.24, 2.45) is 5.84 Å². The van der Waals surface area contributed by atoms with Gasteiger partial charge in [0.25, 0.3) is 0 Å². The molecule has 0 fully saturated rings. The minimum absolute atomic E-state index is 0.0791. The lowest BCUT2D eigenvalue weighted by molar-refractivity contribution is 0.563. The van der Waals surface area contributed by atoms with Crippen LogP contribution >= 0.6 is 22.9 Å². The third kappa shape index (κ3) is 2.13. The molecule has 1 atom stereocenters. The van der Waals surface area contributed by atoms with Crippen LogP contribution in [0.5, 0.6) is 0 Å². The van der Waals surface area contributed by atoms with Crippen molar-refractivity contribution in [3.05, 3.63) is 27.7 Å². The van der Waals surface area contributed by atoms with E-state index >= 15 is 0 Å². The van der Waals surface area contributed by atoms with Crippen LogP contribution in [0.15, 0.2) is 17.9 Å². The molecule has 5 nitrogen and oxygen atoms in total. The Hall–Kier alpha value is -0.890. The van der Waals surface area contributed by atoms with Crippen LogP contribution in [0.4, 0.5) is 0 Å². The quantitative estimate of drug-likeness (QED) is 0.595. The van der Waals surface area contributed by atoms with Gasteiger partial charge in [0.05, 0.1) is 22.6 Å². The summed E-state index contributed by atoms with van der Waals surface area (Å²) in [6, 6.07) is 0.0791. The summed E-state index contributed by atoms with van der Waals surface area (Å²) in [6.07, 6.45) is 4.41. The summed E-state index contributed by atoms with van der Waals surface area (Å²) in [6.45, 7) is 0. The SMILES string of the molecule is NNC(Cc1cncs1)c1cnns1. The first-order valence-corrected chi connectivity index (χ1v) is 5.66. The van der Waals surface area contributed by atoms with E-state index in [1.54, 1.807) is 17.5 Å². The first-order chi connectivity index (χ1) is 6.90. The molecule has 0 spiro atoms. The second kappa shape index (κ2) is 4.56. The largest absolute Gasteiger partial charge is 0.271 e. The molecule has 2 rings (SSSR count). The maximum atomic E-state index is 5.47. The summed E-state index contributed by atoms with van der Waals surface area (Å²) in [5, 5.41) is 3.78. The Bertz CT molecular complexity index is 357. The average Bonchev–Trinajstić information content (AvgIpc) is 2.86. The molecule has 3 N–H and O–H groups in total. The van der Waals surface area contributed by atoms with Gasteiger partial charge in [-0.15, -0.1) is 16.4 Å². The molecule has 0 bridgehead atoms. The zero-order valence-electron chi connectivity index (χ0n) is 7.25. The van der Waals surface area contributed by atoms with Crippen LogP contribution in [0, 0.1) is 0 Å². The fourth-order valence-electron chi connectivity index (χ4n) is 1.11. The molecule has 0 saturated carbocycles. The van der Waals surface area contributed by atoms with Crippen LogP contribution in [0.2, 0.25) is 0 Å². The molecule has 0 aliphatic carbocycles. The van der Waals surface area contributed by atoms with Crippen molar-refractivity contribution < 1.29 is 0 Å². The normalized spacial score (nSPS) is 12.9. The number of nitrogens with one attached hydrogen (secondary N) is 1. The third-order valence-electron chi connectivity index (χ3n) is 1.81. The molecule has 0 aliphatic heterocycles. The number of rotatable bonds is 4. The Balaban J connectivity index is 2.08. The van der Waals surface area contributed by atoms with Crippen LogP contribution in [0.3, 0.4) is 0 Å². The van der Waals surface area contributed by atoms with Gasteiger partial charge in [-0.3, -0.25) is 16.3 Å². The molecule has 0 amide bonds. The van der Waals surface area contributed by atoms with E-state index in [1.807, 2.05) is 11.7 Å². The standard InChI is InChI=1S/C7H9N5S2/c8-11-6(7-3-10-12-14-7)1-5-2-9-4-13-5/h2-4,6,11H,1,8H2. The molecule has 1 unspecified atom stereocenters. The van der Waals surface area contributed by atoms with Gasteiger partial charge >= 0.3 is 0 Å². The lowest BCUT2D eigenvalue weighted by Gasteiger charge is -2.10. The number of hydrogen-bond donors (Lipinski definition) is 2. The van der Waals surface area contributed by atoms with Gasteiger partial charge in [-0.25, -0.2) is 0 Å². The van der Waals surface area contributed by atoms with E-state index in [0.29, 0.717) is 0 Å². The highest BCUT2D eigenvalue weighted by Gasteiger charge is 2.13. The van der Waals surface area contributed by atoms with Crippen molar-refractivity contribution in [1.29, 1.82) is 0 Å². The van der Waals surface area contributed by atoms with Crippen LogP contribution < -0.4 is 11.3 Å². The number of nitrogens with zero attached hydrogens (tertiary/aromatic N) is 3. The van der Waals surface area contributed by atoms with Crippen molar-refractivity contribution in [2.75, 3.05) is 0 Å². The van der Waals surface area contributed by atoms with Gasteiger partial charge < -0.3 is 0 Å². The maximum Gasteiger partial charge on any atom is 0.0794 e. The molecule has 14 heavy (non-hydrogen) atoms. The van der Waals surface area contributed by atoms with Gasteiger partial charge in [-0.1, -0.05) is 4.49 Å². The predicted octanol–water partition coefficient (Wildman–Crippen LogP) is 0.742. The van der Waals surface area contributed by atoms with Gasteiger partial charge in [0.15, 0.2) is 0 Å². The molecular weight excluding hydrogens is 218 g/mol. The molecule has 2 aromatic heterocycles. The molecule has 0 aromatic carbocycles. The van der Waals surface area contributed by atoms with E-state index in [-0.39, 0.29) is 6.04 Å². The number of nitrogens with two attached hydrogens (primary N) is 1. The number of thiazole rings is 1. The van der Waals surface area contributed by atoms with Gasteiger partial charge in [-0.05, 0) is 11.5 Å². The zero-order chi connectivity index (χ0) is 9.80. The van der Waals surface area contributed by atoms with E-state index in [9.17, 15) is 0 Å². The first-order valence-electron chi connectivity index (χ1n) is 4.01. The molecule has 74 valence electrons. The number of hydrogen-bond acceptors (Lipinski definition) is 7. The summed E-state index contributed by atoms with van der Waals surface area (Å²) in [5.41, 5.74) is 4.57. The van der Waals surface area contributed by atoms with Crippen molar-refractivity contribution in [1.82, 2.24) is 20.0 Å². The summed E-state index contributed by atoms with van der Waals surface area (Å²) in [5.74, 6) is 5.47. The second-order valence-corrected chi connectivity index (χ2v) is 4.50. The minimum Gasteiger partial charge on any atom is -0.271 e. The highest BCUT2D eigenvalue weighted by molar-refractivity contribution is 7.09.